The van der Waals surface area contributed by atoms with E-state index in [0.717, 1.165) is 46.7 Å². The van der Waals surface area contributed by atoms with Crippen LogP contribution in [0.5, 0.6) is 5.75 Å². The van der Waals surface area contributed by atoms with E-state index in [1.165, 1.54) is 33.8 Å². The molecule has 0 radical (unpaired) electrons. The van der Waals surface area contributed by atoms with Crippen molar-refractivity contribution in [3.8, 4) is 10.8 Å². The van der Waals surface area contributed by atoms with Gasteiger partial charge in [-0.3, -0.25) is 0 Å². The number of carbonyl (C=O) groups excluding carboxylic acids is 1. The number of nitrogens with one attached hydrogen (secondary N) is 1. The number of anilines is 1. The van der Waals surface area contributed by atoms with Crippen LogP contribution in [0, 0.1) is 13.8 Å². The van der Waals surface area contributed by atoms with Crippen LogP contribution < -0.4 is 10.1 Å². The number of carbonyl (C=O) groups is 1. The van der Waals surface area contributed by atoms with Crippen LogP contribution in [0.15, 0.2) is 60.8 Å². The van der Waals surface area contributed by atoms with Crippen molar-refractivity contribution >= 4 is 23.1 Å². The molecule has 0 saturated carbocycles. The summed E-state index contributed by atoms with van der Waals surface area (Å²) in [6.45, 7) is 4.71. The zero-order chi connectivity index (χ0) is 24.8. The van der Waals surface area contributed by atoms with Gasteiger partial charge in [0.2, 0.25) is 0 Å². The zero-order valence-corrected chi connectivity index (χ0v) is 21.8. The van der Waals surface area contributed by atoms with Crippen LogP contribution in [-0.4, -0.2) is 22.6 Å². The summed E-state index contributed by atoms with van der Waals surface area (Å²) in [7, 11) is 1.68. The van der Waals surface area contributed by atoms with Gasteiger partial charge in [0.1, 0.15) is 10.8 Å². The third kappa shape index (κ3) is 3.80. The standard InChI is InChI=1S/C30H31N3O2S/c1-19-9-6-13-25(20(19)2)31-30(34)33-18-24-23-12-4-5-15-27(23)36-29(24)32-16-8-14-26(32)28(33)21-10-7-11-22(17-21)35-3/h6-11,13-14,16-17,28H,4-5,12,15,18H2,1-3H3,(H,31,34)/t28-/m1/s1. The van der Waals surface area contributed by atoms with Gasteiger partial charge in [-0.2, -0.15) is 0 Å². The van der Waals surface area contributed by atoms with Crippen molar-refractivity contribution in [3.63, 3.8) is 0 Å². The average Bonchev–Trinajstić information content (AvgIpc) is 3.48. The van der Waals surface area contributed by atoms with Crippen molar-refractivity contribution in [3.05, 3.63) is 99.2 Å². The zero-order valence-electron chi connectivity index (χ0n) is 21.0. The van der Waals surface area contributed by atoms with Gasteiger partial charge >= 0.3 is 6.03 Å². The molecule has 0 unspecified atom stereocenters. The second kappa shape index (κ2) is 9.17. The number of hydrogen-bond donors (Lipinski definition) is 1. The molecule has 0 bridgehead atoms. The minimum atomic E-state index is -0.251. The molecule has 6 heteroatoms. The Balaban J connectivity index is 1.51. The van der Waals surface area contributed by atoms with Crippen LogP contribution in [0.2, 0.25) is 0 Å². The number of hydrogen-bond acceptors (Lipinski definition) is 3. The molecule has 1 atom stereocenters. The third-order valence-corrected chi connectivity index (χ3v) is 9.03. The van der Waals surface area contributed by atoms with E-state index in [1.807, 2.05) is 40.5 Å². The first-order chi connectivity index (χ1) is 17.5. The number of thiophene rings is 1. The molecule has 0 spiro atoms. The number of urea groups is 1. The minimum Gasteiger partial charge on any atom is -0.497 e. The highest BCUT2D eigenvalue weighted by molar-refractivity contribution is 7.15. The smallest absolute Gasteiger partial charge is 0.322 e. The molecule has 1 aliphatic carbocycles. The van der Waals surface area contributed by atoms with Crippen LogP contribution in [0.1, 0.15) is 57.3 Å². The summed E-state index contributed by atoms with van der Waals surface area (Å²) in [4.78, 5) is 17.6. The van der Waals surface area contributed by atoms with E-state index >= 15 is 0 Å². The van der Waals surface area contributed by atoms with Crippen molar-refractivity contribution in [2.45, 2.75) is 52.1 Å². The number of aryl methyl sites for hydroxylation is 2. The number of nitrogens with zero attached hydrogens (tertiary/aromatic N) is 2. The highest BCUT2D eigenvalue weighted by Crippen LogP contribution is 2.44. The normalized spacial score (nSPS) is 16.5. The van der Waals surface area contributed by atoms with Gasteiger partial charge in [-0.1, -0.05) is 24.3 Å². The first-order valence-electron chi connectivity index (χ1n) is 12.6. The largest absolute Gasteiger partial charge is 0.497 e. The highest BCUT2D eigenvalue weighted by Gasteiger charge is 2.36. The highest BCUT2D eigenvalue weighted by atomic mass is 32.1. The molecular formula is C30H31N3O2S. The molecule has 2 aromatic heterocycles. The molecule has 5 nitrogen and oxygen atoms in total. The van der Waals surface area contributed by atoms with Crippen molar-refractivity contribution in [2.75, 3.05) is 12.4 Å². The fraction of sp³-hybridized carbons (Fsp3) is 0.300. The molecule has 36 heavy (non-hydrogen) atoms. The van der Waals surface area contributed by atoms with Crippen LogP contribution in [-0.2, 0) is 19.4 Å². The van der Waals surface area contributed by atoms with Gasteiger partial charge in [0.25, 0.3) is 0 Å². The predicted octanol–water partition coefficient (Wildman–Crippen LogP) is 7.18. The summed E-state index contributed by atoms with van der Waals surface area (Å²) < 4.78 is 7.88. The molecule has 6 rings (SSSR count). The average molecular weight is 498 g/mol. The summed E-state index contributed by atoms with van der Waals surface area (Å²) >= 11 is 1.91. The minimum absolute atomic E-state index is 0.0899. The van der Waals surface area contributed by atoms with Crippen molar-refractivity contribution < 1.29 is 9.53 Å². The summed E-state index contributed by atoms with van der Waals surface area (Å²) in [5, 5.41) is 4.51. The van der Waals surface area contributed by atoms with Gasteiger partial charge < -0.3 is 19.5 Å². The molecule has 0 fully saturated rings. The van der Waals surface area contributed by atoms with Crippen LogP contribution in [0.25, 0.3) is 5.00 Å². The summed E-state index contributed by atoms with van der Waals surface area (Å²) in [6, 6.07) is 18.1. The number of rotatable bonds is 3. The molecule has 2 aromatic carbocycles. The topological polar surface area (TPSA) is 46.5 Å². The molecule has 2 aliphatic rings. The molecule has 1 N–H and O–H groups in total. The van der Waals surface area contributed by atoms with E-state index < -0.39 is 0 Å². The number of amides is 2. The molecular weight excluding hydrogens is 466 g/mol. The lowest BCUT2D eigenvalue weighted by Gasteiger charge is -2.32. The Labute approximate surface area is 216 Å². The molecule has 184 valence electrons. The van der Waals surface area contributed by atoms with Crippen molar-refractivity contribution in [2.24, 2.45) is 0 Å². The second-order valence-electron chi connectivity index (χ2n) is 9.78. The maximum absolute atomic E-state index is 14.1. The van der Waals surface area contributed by atoms with Gasteiger partial charge in [0, 0.05) is 22.3 Å². The number of benzene rings is 2. The Morgan fingerprint density at radius 2 is 1.86 bits per heavy atom. The number of methoxy groups -OCH3 is 1. The SMILES string of the molecule is COc1cccc([C@@H]2c3cccn3-c3sc4c(c3CN2C(=O)Nc2cccc(C)c2C)CCCC4)c1. The van der Waals surface area contributed by atoms with Crippen LogP contribution in [0.4, 0.5) is 10.5 Å². The summed E-state index contributed by atoms with van der Waals surface area (Å²) in [6.07, 6.45) is 6.83. The quantitative estimate of drug-likeness (QED) is 0.326. The molecule has 1 aliphatic heterocycles. The Kier molecular flexibility index (Phi) is 5.84. The van der Waals surface area contributed by atoms with Gasteiger partial charge in [0.15, 0.2) is 0 Å². The molecule has 2 amide bonds. The molecule has 0 saturated heterocycles. The van der Waals surface area contributed by atoms with E-state index in [9.17, 15) is 4.79 Å². The van der Waals surface area contributed by atoms with E-state index in [0.29, 0.717) is 6.54 Å². The molecule has 4 aromatic rings. The van der Waals surface area contributed by atoms with Gasteiger partial charge in [-0.25, -0.2) is 4.79 Å². The van der Waals surface area contributed by atoms with Gasteiger partial charge in [-0.05, 0) is 92.1 Å². The number of aromatic nitrogens is 1. The summed E-state index contributed by atoms with van der Waals surface area (Å²) in [5.41, 5.74) is 8.00. The lowest BCUT2D eigenvalue weighted by atomic mass is 9.95. The lowest BCUT2D eigenvalue weighted by Crippen LogP contribution is -2.38. The Hall–Kier alpha value is -3.51. The van der Waals surface area contributed by atoms with Crippen LogP contribution >= 0.6 is 11.3 Å². The number of ether oxygens (including phenoxy) is 1. The van der Waals surface area contributed by atoms with Crippen molar-refractivity contribution in [1.29, 1.82) is 0 Å². The van der Waals surface area contributed by atoms with E-state index in [-0.39, 0.29) is 12.1 Å². The second-order valence-corrected chi connectivity index (χ2v) is 10.9. The summed E-state index contributed by atoms with van der Waals surface area (Å²) in [5.74, 6) is 0.789. The maximum Gasteiger partial charge on any atom is 0.322 e. The van der Waals surface area contributed by atoms with Crippen LogP contribution in [0.3, 0.4) is 0 Å². The number of fused-ring (bicyclic) bond motifs is 5. The Bertz CT molecular complexity index is 1450. The lowest BCUT2D eigenvalue weighted by molar-refractivity contribution is 0.194. The molecule has 3 heterocycles. The maximum atomic E-state index is 14.1. The fourth-order valence-corrected chi connectivity index (χ4v) is 7.03. The Morgan fingerprint density at radius 3 is 2.72 bits per heavy atom. The van der Waals surface area contributed by atoms with Crippen molar-refractivity contribution in [1.82, 2.24) is 9.47 Å². The fourth-order valence-electron chi connectivity index (χ4n) is 5.62. The Morgan fingerprint density at radius 1 is 1.03 bits per heavy atom. The van der Waals surface area contributed by atoms with E-state index in [4.69, 9.17) is 4.74 Å². The van der Waals surface area contributed by atoms with E-state index in [2.05, 4.69) is 60.3 Å². The first-order valence-corrected chi connectivity index (χ1v) is 13.5. The third-order valence-electron chi connectivity index (χ3n) is 7.70. The van der Waals surface area contributed by atoms with E-state index in [1.54, 1.807) is 7.11 Å². The van der Waals surface area contributed by atoms with Gasteiger partial charge in [-0.15, -0.1) is 11.3 Å². The monoisotopic (exact) mass is 497 g/mol. The van der Waals surface area contributed by atoms with Gasteiger partial charge in [0.05, 0.1) is 25.4 Å². The predicted molar refractivity (Wildman–Crippen MR) is 146 cm³/mol. The first kappa shape index (κ1) is 22.9.